The van der Waals surface area contributed by atoms with Crippen molar-refractivity contribution in [1.82, 2.24) is 40.5 Å². The number of hydrazine groups is 3. The van der Waals surface area contributed by atoms with Gasteiger partial charge in [0, 0.05) is 39.3 Å². The summed E-state index contributed by atoms with van der Waals surface area (Å²) in [5.74, 6) is 0. The molecule has 1 aromatic carbocycles. The van der Waals surface area contributed by atoms with Crippen LogP contribution in [0.4, 0.5) is 4.79 Å². The summed E-state index contributed by atoms with van der Waals surface area (Å²) in [4.78, 5) is 21.2. The van der Waals surface area contributed by atoms with Crippen LogP contribution in [0, 0.1) is 0 Å². The van der Waals surface area contributed by atoms with Crippen molar-refractivity contribution in [2.45, 2.75) is 38.5 Å². The van der Waals surface area contributed by atoms with Gasteiger partial charge in [0.25, 0.3) is 0 Å². The Labute approximate surface area is 170 Å². The minimum atomic E-state index is -0.185. The summed E-state index contributed by atoms with van der Waals surface area (Å²) >= 11 is 0. The molecular weight excluding hydrogens is 372 g/mol. The third-order valence-corrected chi connectivity index (χ3v) is 5.85. The number of nitrogens with zero attached hydrogens (tertiary/aromatic N) is 8. The molecule has 0 bridgehead atoms. The molecule has 3 aliphatic rings. The predicted octanol–water partition coefficient (Wildman–Crippen LogP) is 1.53. The quantitative estimate of drug-likeness (QED) is 0.705. The largest absolute Gasteiger partial charge is 0.400 e. The first-order valence-corrected chi connectivity index (χ1v) is 10.7. The van der Waals surface area contributed by atoms with Gasteiger partial charge < -0.3 is 0 Å². The fraction of sp³-hybridized carbons (Fsp3) is 0.632. The number of hydrogen-bond acceptors (Lipinski definition) is 7. The maximum atomic E-state index is 13.8. The molecule has 2 aromatic rings. The fourth-order valence-corrected chi connectivity index (χ4v) is 4.35. The maximum Gasteiger partial charge on any atom is 0.400 e. The molecule has 3 aliphatic heterocycles. The number of rotatable bonds is 5. The molecule has 3 fully saturated rings. The monoisotopic (exact) mass is 400 g/mol. The Morgan fingerprint density at radius 2 is 1.38 bits per heavy atom. The Bertz CT molecular complexity index is 824. The Kier molecular flexibility index (Phi) is 5.21. The van der Waals surface area contributed by atoms with E-state index in [-0.39, 0.29) is 6.03 Å². The molecule has 3 saturated heterocycles. The first kappa shape index (κ1) is 18.6. The molecule has 0 spiro atoms. The topological polar surface area (TPSA) is 73.2 Å². The van der Waals surface area contributed by atoms with Crippen LogP contribution in [0.25, 0.3) is 11.0 Å². The van der Waals surface area contributed by atoms with Crippen LogP contribution in [0.15, 0.2) is 24.3 Å². The number of hydroxylamine groups is 1. The summed E-state index contributed by atoms with van der Waals surface area (Å²) in [7, 11) is 0. The highest BCUT2D eigenvalue weighted by Crippen LogP contribution is 2.22. The first-order valence-electron chi connectivity index (χ1n) is 10.7. The Morgan fingerprint density at radius 3 is 2.00 bits per heavy atom. The van der Waals surface area contributed by atoms with Crippen molar-refractivity contribution in [3.8, 4) is 0 Å². The molecule has 29 heavy (non-hydrogen) atoms. The first-order chi connectivity index (χ1) is 14.3. The van der Waals surface area contributed by atoms with Gasteiger partial charge in [-0.15, -0.1) is 5.10 Å². The predicted molar refractivity (Wildman–Crippen MR) is 106 cm³/mol. The lowest BCUT2D eigenvalue weighted by Crippen LogP contribution is -2.63. The highest BCUT2D eigenvalue weighted by molar-refractivity contribution is 5.74. The number of carbonyl (C=O) groups excluding carboxylic acids is 1. The average Bonchev–Trinajstić information content (AvgIpc) is 3.55. The highest BCUT2D eigenvalue weighted by Gasteiger charge is 2.39. The standard InChI is InChI=1S/C19H28N8O2/c28-19(26(22-11-3-4-12-22)23-13-5-6-14-23)27(24-15-7-8-16-24)29-25-18-10-2-1-9-17(18)20-21-25/h1-2,9-10H,3-8,11-16H2. The number of carbonyl (C=O) groups is 1. The normalized spacial score (nSPS) is 21.2. The van der Waals surface area contributed by atoms with Gasteiger partial charge in [-0.1, -0.05) is 17.3 Å². The minimum Gasteiger partial charge on any atom is -0.246 e. The summed E-state index contributed by atoms with van der Waals surface area (Å²) in [5, 5.41) is 17.8. The maximum absolute atomic E-state index is 13.8. The lowest BCUT2D eigenvalue weighted by atomic mass is 10.3. The second-order valence-corrected chi connectivity index (χ2v) is 7.86. The van der Waals surface area contributed by atoms with Crippen LogP contribution in [0.5, 0.6) is 0 Å². The molecule has 0 unspecified atom stereocenters. The molecule has 0 radical (unpaired) electrons. The zero-order valence-corrected chi connectivity index (χ0v) is 16.7. The summed E-state index contributed by atoms with van der Waals surface area (Å²) < 4.78 is 0. The van der Waals surface area contributed by atoms with E-state index in [1.807, 2.05) is 34.4 Å². The van der Waals surface area contributed by atoms with Crippen LogP contribution in [-0.4, -0.2) is 85.8 Å². The van der Waals surface area contributed by atoms with Gasteiger partial charge in [-0.2, -0.15) is 10.1 Å². The molecule has 4 heterocycles. The summed E-state index contributed by atoms with van der Waals surface area (Å²) in [6, 6.07) is 7.41. The Morgan fingerprint density at radius 1 is 0.828 bits per heavy atom. The smallest absolute Gasteiger partial charge is 0.246 e. The van der Waals surface area contributed by atoms with Gasteiger partial charge in [-0.25, -0.2) is 19.8 Å². The van der Waals surface area contributed by atoms with Crippen LogP contribution in [0.3, 0.4) is 0 Å². The van der Waals surface area contributed by atoms with E-state index in [4.69, 9.17) is 4.94 Å². The van der Waals surface area contributed by atoms with Gasteiger partial charge in [-0.05, 0) is 60.7 Å². The molecule has 0 N–H and O–H groups in total. The molecule has 5 rings (SSSR count). The van der Waals surface area contributed by atoms with Crippen molar-refractivity contribution in [3.05, 3.63) is 24.3 Å². The van der Waals surface area contributed by atoms with Crippen LogP contribution < -0.4 is 4.94 Å². The van der Waals surface area contributed by atoms with Crippen LogP contribution >= 0.6 is 0 Å². The van der Waals surface area contributed by atoms with E-state index in [0.717, 1.165) is 88.8 Å². The molecule has 1 aromatic heterocycles. The van der Waals surface area contributed by atoms with Gasteiger partial charge in [0.05, 0.1) is 0 Å². The lowest BCUT2D eigenvalue weighted by Gasteiger charge is -2.41. The number of benzene rings is 1. The number of para-hydroxylation sites is 1. The number of aromatic nitrogens is 3. The molecule has 10 nitrogen and oxygen atoms in total. The molecule has 10 heteroatoms. The molecule has 2 amide bonds. The molecule has 0 saturated carbocycles. The second-order valence-electron chi connectivity index (χ2n) is 7.86. The number of urea groups is 1. The van der Waals surface area contributed by atoms with Crippen LogP contribution in [-0.2, 0) is 0 Å². The van der Waals surface area contributed by atoms with Crippen molar-refractivity contribution in [2.24, 2.45) is 0 Å². The highest BCUT2D eigenvalue weighted by atomic mass is 16.9. The van der Waals surface area contributed by atoms with Crippen LogP contribution in [0.2, 0.25) is 0 Å². The van der Waals surface area contributed by atoms with E-state index in [2.05, 4.69) is 20.3 Å². The zero-order valence-electron chi connectivity index (χ0n) is 16.7. The number of hydrogen-bond donors (Lipinski definition) is 0. The molecular formula is C19H28N8O2. The van der Waals surface area contributed by atoms with Crippen molar-refractivity contribution in [3.63, 3.8) is 0 Å². The van der Waals surface area contributed by atoms with E-state index in [1.54, 1.807) is 0 Å². The third-order valence-electron chi connectivity index (χ3n) is 5.85. The Hall–Kier alpha value is -2.43. The van der Waals surface area contributed by atoms with E-state index in [1.165, 1.54) is 10.0 Å². The molecule has 0 atom stereocenters. The second kappa shape index (κ2) is 8.13. The number of fused-ring (bicyclic) bond motifs is 1. The average molecular weight is 400 g/mol. The van der Waals surface area contributed by atoms with Gasteiger partial charge in [-0.3, -0.25) is 0 Å². The summed E-state index contributed by atoms with van der Waals surface area (Å²) in [6.45, 7) is 5.13. The van der Waals surface area contributed by atoms with Crippen molar-refractivity contribution < 1.29 is 9.73 Å². The summed E-state index contributed by atoms with van der Waals surface area (Å²) in [5.41, 5.74) is 1.47. The minimum absolute atomic E-state index is 0.185. The third kappa shape index (κ3) is 3.63. The van der Waals surface area contributed by atoms with Crippen molar-refractivity contribution in [2.75, 3.05) is 39.3 Å². The van der Waals surface area contributed by atoms with E-state index in [0.29, 0.717) is 0 Å². The number of amides is 2. The van der Waals surface area contributed by atoms with Crippen LogP contribution in [0.1, 0.15) is 38.5 Å². The van der Waals surface area contributed by atoms with E-state index < -0.39 is 0 Å². The lowest BCUT2D eigenvalue weighted by molar-refractivity contribution is -0.267. The van der Waals surface area contributed by atoms with Crippen molar-refractivity contribution >= 4 is 17.1 Å². The summed E-state index contributed by atoms with van der Waals surface area (Å²) in [6.07, 6.45) is 6.51. The van der Waals surface area contributed by atoms with E-state index >= 15 is 0 Å². The van der Waals surface area contributed by atoms with Gasteiger partial charge in [0.15, 0.2) is 0 Å². The SMILES string of the molecule is O=C(N(On1nnc2ccccc21)N1CCCC1)N(N1CCCC1)N1CCCC1. The Balaban J connectivity index is 1.45. The van der Waals surface area contributed by atoms with Gasteiger partial charge in [0.1, 0.15) is 11.0 Å². The van der Waals surface area contributed by atoms with Gasteiger partial charge >= 0.3 is 6.03 Å². The zero-order chi connectivity index (χ0) is 19.6. The molecule has 156 valence electrons. The molecule has 0 aliphatic carbocycles. The van der Waals surface area contributed by atoms with E-state index in [9.17, 15) is 4.79 Å². The van der Waals surface area contributed by atoms with Crippen molar-refractivity contribution in [1.29, 1.82) is 0 Å². The van der Waals surface area contributed by atoms with Gasteiger partial charge in [0.2, 0.25) is 0 Å². The fourth-order valence-electron chi connectivity index (χ4n) is 4.35.